The SMILES string of the molecule is C.CC(C)c1ncc2c(=O)[nH]c(Cl)nn12.CC(C)c1ncc2c(=O)[nH]c(N3CCC[C@@H]3c3ccc(Cl)cc3)nn12.CCCCO.Clc1ccc(C2CCCC2)cc1. The number of unbranched alkanes of at least 4 members (excludes halogenated alkanes) is 1. The van der Waals surface area contributed by atoms with Crippen LogP contribution in [0.15, 0.2) is 70.5 Å². The number of fused-ring (bicyclic) bond motifs is 2. The molecule has 0 bridgehead atoms. The van der Waals surface area contributed by atoms with Gasteiger partial charge in [0.25, 0.3) is 11.1 Å². The minimum absolute atomic E-state index is 0. The van der Waals surface area contributed by atoms with Crippen molar-refractivity contribution in [3.63, 3.8) is 0 Å². The van der Waals surface area contributed by atoms with Crippen LogP contribution in [0.2, 0.25) is 15.3 Å². The molecule has 4 aromatic heterocycles. The summed E-state index contributed by atoms with van der Waals surface area (Å²) >= 11 is 17.5. The van der Waals surface area contributed by atoms with Crippen LogP contribution in [-0.4, -0.2) is 57.4 Å². The molecule has 1 atom stereocenters. The Hall–Kier alpha value is -4.23. The van der Waals surface area contributed by atoms with Crippen molar-refractivity contribution in [1.82, 2.24) is 39.2 Å². The molecular formula is C42H56Cl3N9O3. The van der Waals surface area contributed by atoms with Crippen LogP contribution in [0.1, 0.15) is 140 Å². The van der Waals surface area contributed by atoms with Gasteiger partial charge in [-0.2, -0.15) is 0 Å². The fraction of sp³-hybridized carbons (Fsp3) is 0.476. The lowest BCUT2D eigenvalue weighted by molar-refractivity contribution is 0.287. The van der Waals surface area contributed by atoms with Gasteiger partial charge < -0.3 is 10.0 Å². The number of aliphatic hydroxyl groups excluding tert-OH is 1. The maximum absolute atomic E-state index is 12.5. The molecule has 2 fully saturated rings. The summed E-state index contributed by atoms with van der Waals surface area (Å²) in [5.41, 5.74) is 3.11. The minimum Gasteiger partial charge on any atom is -0.396 e. The molecule has 2 aliphatic rings. The van der Waals surface area contributed by atoms with Crippen LogP contribution in [-0.2, 0) is 0 Å². The number of halogens is 3. The number of imidazole rings is 2. The second kappa shape index (κ2) is 21.5. The molecule has 6 aromatic rings. The van der Waals surface area contributed by atoms with Crippen molar-refractivity contribution in [3.05, 3.63) is 120 Å². The third-order valence-corrected chi connectivity index (χ3v) is 10.5. The lowest BCUT2D eigenvalue weighted by Crippen LogP contribution is -2.28. The largest absolute Gasteiger partial charge is 0.396 e. The van der Waals surface area contributed by atoms with Crippen molar-refractivity contribution < 1.29 is 5.11 Å². The van der Waals surface area contributed by atoms with Gasteiger partial charge in [0.1, 0.15) is 11.6 Å². The van der Waals surface area contributed by atoms with E-state index in [1.807, 2.05) is 64.1 Å². The highest BCUT2D eigenvalue weighted by atomic mass is 35.5. The standard InChI is InChI=1S/C18H20ClN5O.C11H13Cl.C8H9ClN4O.C4H10O.CH4/c1-11(2)16-20-10-15-17(25)21-18(22-24(15)16)23-9-3-4-14(23)12-5-7-13(19)8-6-12;12-11-7-5-10(6-8-11)9-3-1-2-4-9;1-4(2)6-10-3-5-7(14)11-8(9)12-13(5)6;1-2-3-4-5;/h5-8,10-11,14H,3-4,9H2,1-2H3,(H,21,22,25);5-9H,1-4H2;3-4H,1-2H3,(H,11,12,14);5H,2-4H2,1H3;1H4/t14-;;;;/m1..../s1. The number of nitrogens with zero attached hydrogens (tertiary/aromatic N) is 7. The Balaban J connectivity index is 0.000000191. The number of benzene rings is 2. The molecule has 3 N–H and O–H groups in total. The molecule has 8 rings (SSSR count). The number of aliphatic hydroxyl groups is 1. The van der Waals surface area contributed by atoms with Gasteiger partial charge in [-0.15, -0.1) is 10.2 Å². The first-order valence-corrected chi connectivity index (χ1v) is 20.5. The van der Waals surface area contributed by atoms with E-state index in [0.717, 1.165) is 59.8 Å². The number of aromatic amines is 2. The van der Waals surface area contributed by atoms with Gasteiger partial charge in [-0.3, -0.25) is 19.6 Å². The van der Waals surface area contributed by atoms with E-state index < -0.39 is 0 Å². The molecule has 1 saturated carbocycles. The molecule has 1 aliphatic carbocycles. The highest BCUT2D eigenvalue weighted by Gasteiger charge is 2.29. The van der Waals surface area contributed by atoms with E-state index in [1.165, 1.54) is 47.5 Å². The topological polar surface area (TPSA) is 150 Å². The number of hydrogen-bond acceptors (Lipinski definition) is 8. The molecule has 2 aromatic carbocycles. The molecule has 308 valence electrons. The molecule has 1 saturated heterocycles. The predicted octanol–water partition coefficient (Wildman–Crippen LogP) is 10.1. The van der Waals surface area contributed by atoms with Crippen molar-refractivity contribution in [3.8, 4) is 0 Å². The van der Waals surface area contributed by atoms with Crippen molar-refractivity contribution >= 4 is 51.8 Å². The lowest BCUT2D eigenvalue weighted by Gasteiger charge is -2.25. The Morgan fingerprint density at radius 3 is 1.74 bits per heavy atom. The summed E-state index contributed by atoms with van der Waals surface area (Å²) in [4.78, 5) is 39.8. The van der Waals surface area contributed by atoms with Crippen molar-refractivity contribution in [1.29, 1.82) is 0 Å². The van der Waals surface area contributed by atoms with Crippen LogP contribution in [0.5, 0.6) is 0 Å². The Morgan fingerprint density at radius 1 is 0.737 bits per heavy atom. The van der Waals surface area contributed by atoms with Crippen LogP contribution in [0, 0.1) is 0 Å². The molecule has 0 radical (unpaired) electrons. The summed E-state index contributed by atoms with van der Waals surface area (Å²) in [6, 6.07) is 16.4. The summed E-state index contributed by atoms with van der Waals surface area (Å²) < 4.78 is 3.15. The summed E-state index contributed by atoms with van der Waals surface area (Å²) in [7, 11) is 0. The van der Waals surface area contributed by atoms with E-state index in [0.29, 0.717) is 23.6 Å². The average Bonchev–Trinajstić information content (AvgIpc) is 4.00. The molecule has 0 amide bonds. The van der Waals surface area contributed by atoms with Crippen LogP contribution < -0.4 is 16.0 Å². The van der Waals surface area contributed by atoms with E-state index in [2.05, 4.69) is 49.0 Å². The first kappa shape index (κ1) is 45.5. The van der Waals surface area contributed by atoms with Gasteiger partial charge >= 0.3 is 0 Å². The molecular weight excluding hydrogens is 785 g/mol. The van der Waals surface area contributed by atoms with Gasteiger partial charge in [-0.05, 0) is 85.0 Å². The van der Waals surface area contributed by atoms with Crippen molar-refractivity contribution in [2.24, 2.45) is 0 Å². The lowest BCUT2D eigenvalue weighted by atomic mass is 9.98. The molecule has 15 heteroatoms. The monoisotopic (exact) mass is 839 g/mol. The number of hydrogen-bond donors (Lipinski definition) is 3. The Labute approximate surface area is 349 Å². The first-order valence-electron chi connectivity index (χ1n) is 19.4. The predicted molar refractivity (Wildman–Crippen MR) is 233 cm³/mol. The fourth-order valence-electron chi connectivity index (χ4n) is 6.92. The second-order valence-electron chi connectivity index (χ2n) is 14.7. The smallest absolute Gasteiger partial charge is 0.278 e. The number of nitrogens with one attached hydrogen (secondary N) is 2. The van der Waals surface area contributed by atoms with Crippen LogP contribution >= 0.6 is 34.8 Å². The average molecular weight is 841 g/mol. The molecule has 57 heavy (non-hydrogen) atoms. The third kappa shape index (κ3) is 11.7. The van der Waals surface area contributed by atoms with E-state index in [9.17, 15) is 9.59 Å². The Bertz CT molecular complexity index is 2260. The van der Waals surface area contributed by atoms with Crippen LogP contribution in [0.25, 0.3) is 11.0 Å². The zero-order valence-corrected chi connectivity index (χ0v) is 34.9. The van der Waals surface area contributed by atoms with Gasteiger partial charge in [0.15, 0.2) is 11.0 Å². The molecule has 12 nitrogen and oxygen atoms in total. The van der Waals surface area contributed by atoms with E-state index in [1.54, 1.807) is 10.7 Å². The Kier molecular flexibility index (Phi) is 17.2. The first-order chi connectivity index (χ1) is 26.9. The summed E-state index contributed by atoms with van der Waals surface area (Å²) in [6.07, 6.45) is 12.7. The van der Waals surface area contributed by atoms with Crippen molar-refractivity contribution in [2.45, 2.75) is 117 Å². The van der Waals surface area contributed by atoms with Crippen LogP contribution in [0.3, 0.4) is 0 Å². The zero-order chi connectivity index (χ0) is 40.4. The maximum Gasteiger partial charge on any atom is 0.278 e. The summed E-state index contributed by atoms with van der Waals surface area (Å²) in [5.74, 6) is 3.31. The molecule has 0 spiro atoms. The summed E-state index contributed by atoms with van der Waals surface area (Å²) in [6.45, 7) is 11.3. The van der Waals surface area contributed by atoms with E-state index in [4.69, 9.17) is 45.0 Å². The number of anilines is 1. The minimum atomic E-state index is -0.274. The van der Waals surface area contributed by atoms with E-state index in [-0.39, 0.29) is 41.7 Å². The van der Waals surface area contributed by atoms with E-state index >= 15 is 0 Å². The van der Waals surface area contributed by atoms with Crippen molar-refractivity contribution in [2.75, 3.05) is 18.1 Å². The van der Waals surface area contributed by atoms with Gasteiger partial charge in [0, 0.05) is 35.0 Å². The number of aromatic nitrogens is 8. The van der Waals surface area contributed by atoms with Gasteiger partial charge in [-0.1, -0.05) is 109 Å². The normalized spacial score (nSPS) is 15.2. The number of H-pyrrole nitrogens is 2. The molecule has 1 aliphatic heterocycles. The zero-order valence-electron chi connectivity index (χ0n) is 32.7. The molecule has 0 unspecified atom stereocenters. The maximum atomic E-state index is 12.5. The highest BCUT2D eigenvalue weighted by molar-refractivity contribution is 6.30. The highest BCUT2D eigenvalue weighted by Crippen LogP contribution is 2.35. The molecule has 5 heterocycles. The van der Waals surface area contributed by atoms with Gasteiger partial charge in [-0.25, -0.2) is 19.0 Å². The fourth-order valence-corrected chi connectivity index (χ4v) is 7.33. The summed E-state index contributed by atoms with van der Waals surface area (Å²) in [5, 5.41) is 18.4. The second-order valence-corrected chi connectivity index (χ2v) is 15.9. The van der Waals surface area contributed by atoms with Crippen LogP contribution in [0.4, 0.5) is 5.95 Å². The number of rotatable bonds is 7. The van der Waals surface area contributed by atoms with Gasteiger partial charge in [0.2, 0.25) is 11.2 Å². The quantitative estimate of drug-likeness (QED) is 0.144. The third-order valence-electron chi connectivity index (χ3n) is 9.84. The van der Waals surface area contributed by atoms with Gasteiger partial charge in [0.05, 0.1) is 18.4 Å². The Morgan fingerprint density at radius 2 is 1.25 bits per heavy atom.